The average Bonchev–Trinajstić information content (AvgIpc) is 2.84. The molecule has 0 heterocycles. The van der Waals surface area contributed by atoms with Gasteiger partial charge in [-0.25, -0.2) is 0 Å². The SMILES string of the molecule is CC(C)c1c2c(c(Cl)c3c1CCC3)CCC2. The minimum Gasteiger partial charge on any atom is -0.0837 e. The zero-order valence-electron chi connectivity index (χ0n) is 10.2. The molecular weight excluding hydrogens is 216 g/mol. The Morgan fingerprint density at radius 3 is 1.69 bits per heavy atom. The van der Waals surface area contributed by atoms with Gasteiger partial charge in [-0.05, 0) is 72.3 Å². The van der Waals surface area contributed by atoms with Crippen LogP contribution < -0.4 is 0 Å². The summed E-state index contributed by atoms with van der Waals surface area (Å²) in [5.74, 6) is 0.663. The van der Waals surface area contributed by atoms with E-state index in [-0.39, 0.29) is 0 Å². The van der Waals surface area contributed by atoms with E-state index in [4.69, 9.17) is 11.6 Å². The zero-order valence-corrected chi connectivity index (χ0v) is 11.0. The summed E-state index contributed by atoms with van der Waals surface area (Å²) >= 11 is 6.58. The van der Waals surface area contributed by atoms with Crippen LogP contribution in [0.1, 0.15) is 60.4 Å². The predicted octanol–water partition coefficient (Wildman–Crippen LogP) is 4.44. The van der Waals surface area contributed by atoms with Gasteiger partial charge in [0.05, 0.1) is 0 Å². The minimum atomic E-state index is 0.663. The molecule has 0 aromatic heterocycles. The van der Waals surface area contributed by atoms with Crippen molar-refractivity contribution in [2.75, 3.05) is 0 Å². The molecule has 16 heavy (non-hydrogen) atoms. The zero-order chi connectivity index (χ0) is 11.3. The van der Waals surface area contributed by atoms with Crippen LogP contribution in [0.15, 0.2) is 0 Å². The first kappa shape index (κ1) is 10.7. The molecule has 0 bridgehead atoms. The third-order valence-electron chi connectivity index (χ3n) is 4.19. The minimum absolute atomic E-state index is 0.663. The maximum atomic E-state index is 6.58. The van der Waals surface area contributed by atoms with Crippen LogP contribution in [-0.2, 0) is 25.7 Å². The van der Waals surface area contributed by atoms with Crippen molar-refractivity contribution < 1.29 is 0 Å². The molecule has 0 nitrogen and oxygen atoms in total. The molecule has 0 fully saturated rings. The predicted molar refractivity (Wildman–Crippen MR) is 69.6 cm³/mol. The van der Waals surface area contributed by atoms with Crippen molar-refractivity contribution in [2.24, 2.45) is 0 Å². The molecule has 3 rings (SSSR count). The highest BCUT2D eigenvalue weighted by Gasteiger charge is 2.28. The third-order valence-corrected chi connectivity index (χ3v) is 4.65. The van der Waals surface area contributed by atoms with Gasteiger partial charge in [0.15, 0.2) is 0 Å². The van der Waals surface area contributed by atoms with Gasteiger partial charge in [-0.2, -0.15) is 0 Å². The Labute approximate surface area is 103 Å². The lowest BCUT2D eigenvalue weighted by Gasteiger charge is -2.19. The molecule has 1 heteroatoms. The molecule has 0 radical (unpaired) electrons. The van der Waals surface area contributed by atoms with Crippen molar-refractivity contribution in [2.45, 2.75) is 58.3 Å². The van der Waals surface area contributed by atoms with E-state index in [0.717, 1.165) is 5.02 Å². The first-order valence-electron chi connectivity index (χ1n) is 6.55. The summed E-state index contributed by atoms with van der Waals surface area (Å²) in [4.78, 5) is 0. The number of halogens is 1. The molecule has 0 saturated carbocycles. The lowest BCUT2D eigenvalue weighted by molar-refractivity contribution is 0.816. The van der Waals surface area contributed by atoms with Crippen molar-refractivity contribution in [3.05, 3.63) is 32.8 Å². The molecule has 1 aromatic rings. The summed E-state index contributed by atoms with van der Waals surface area (Å²) < 4.78 is 0. The molecule has 0 amide bonds. The van der Waals surface area contributed by atoms with Gasteiger partial charge in [0.1, 0.15) is 0 Å². The van der Waals surface area contributed by atoms with Crippen molar-refractivity contribution in [1.29, 1.82) is 0 Å². The Kier molecular flexibility index (Phi) is 2.51. The molecule has 86 valence electrons. The van der Waals surface area contributed by atoms with Crippen LogP contribution in [0.2, 0.25) is 5.02 Å². The van der Waals surface area contributed by atoms with Gasteiger partial charge >= 0.3 is 0 Å². The van der Waals surface area contributed by atoms with Crippen LogP contribution in [0, 0.1) is 0 Å². The lowest BCUT2D eigenvalue weighted by atomic mass is 9.87. The molecule has 0 spiro atoms. The molecule has 0 atom stereocenters. The van der Waals surface area contributed by atoms with Crippen molar-refractivity contribution >= 4 is 11.6 Å². The highest BCUT2D eigenvalue weighted by atomic mass is 35.5. The van der Waals surface area contributed by atoms with E-state index in [1.807, 2.05) is 0 Å². The standard InChI is InChI=1S/C15H19Cl/c1-9(2)14-10-5-3-7-12(10)15(16)13-8-4-6-11(13)14/h9H,3-8H2,1-2H3. The van der Waals surface area contributed by atoms with Gasteiger partial charge < -0.3 is 0 Å². The van der Waals surface area contributed by atoms with Crippen LogP contribution in [0.4, 0.5) is 0 Å². The highest BCUT2D eigenvalue weighted by Crippen LogP contribution is 2.43. The van der Waals surface area contributed by atoms with Crippen molar-refractivity contribution in [3.63, 3.8) is 0 Å². The molecule has 0 aliphatic heterocycles. The van der Waals surface area contributed by atoms with Crippen molar-refractivity contribution in [3.8, 4) is 0 Å². The van der Waals surface area contributed by atoms with E-state index in [9.17, 15) is 0 Å². The van der Waals surface area contributed by atoms with Crippen LogP contribution in [0.3, 0.4) is 0 Å². The van der Waals surface area contributed by atoms with E-state index in [0.29, 0.717) is 5.92 Å². The summed E-state index contributed by atoms with van der Waals surface area (Å²) in [6.45, 7) is 4.67. The van der Waals surface area contributed by atoms with Crippen LogP contribution >= 0.6 is 11.6 Å². The normalized spacial score (nSPS) is 18.0. The van der Waals surface area contributed by atoms with Crippen LogP contribution in [-0.4, -0.2) is 0 Å². The number of rotatable bonds is 1. The number of hydrogen-bond donors (Lipinski definition) is 0. The highest BCUT2D eigenvalue weighted by molar-refractivity contribution is 6.32. The maximum absolute atomic E-state index is 6.58. The Morgan fingerprint density at radius 1 is 0.812 bits per heavy atom. The van der Waals surface area contributed by atoms with Gasteiger partial charge in [-0.1, -0.05) is 25.4 Å². The molecule has 1 aromatic carbocycles. The van der Waals surface area contributed by atoms with Gasteiger partial charge in [-0.3, -0.25) is 0 Å². The molecule has 2 aliphatic rings. The van der Waals surface area contributed by atoms with Crippen LogP contribution in [0.25, 0.3) is 0 Å². The summed E-state index contributed by atoms with van der Waals surface area (Å²) in [7, 11) is 0. The molecular formula is C15H19Cl. The van der Waals surface area contributed by atoms with E-state index in [2.05, 4.69) is 13.8 Å². The monoisotopic (exact) mass is 234 g/mol. The Morgan fingerprint density at radius 2 is 1.25 bits per heavy atom. The van der Waals surface area contributed by atoms with E-state index >= 15 is 0 Å². The molecule has 2 aliphatic carbocycles. The smallest absolute Gasteiger partial charge is 0.0475 e. The van der Waals surface area contributed by atoms with E-state index in [1.54, 1.807) is 16.7 Å². The summed E-state index contributed by atoms with van der Waals surface area (Å²) in [6.07, 6.45) is 7.54. The fraction of sp³-hybridized carbons (Fsp3) is 0.600. The molecule has 0 saturated heterocycles. The number of benzene rings is 1. The quantitative estimate of drug-likeness (QED) is 0.674. The topological polar surface area (TPSA) is 0 Å². The third kappa shape index (κ3) is 1.35. The lowest BCUT2D eigenvalue weighted by Crippen LogP contribution is -2.04. The molecule has 0 unspecified atom stereocenters. The fourth-order valence-electron chi connectivity index (χ4n) is 3.63. The summed E-state index contributed by atoms with van der Waals surface area (Å²) in [5, 5.41) is 1.13. The second-order valence-corrected chi connectivity index (χ2v) is 5.88. The van der Waals surface area contributed by atoms with E-state index in [1.165, 1.54) is 49.7 Å². The fourth-order valence-corrected chi connectivity index (χ4v) is 4.04. The van der Waals surface area contributed by atoms with E-state index < -0.39 is 0 Å². The van der Waals surface area contributed by atoms with Gasteiger partial charge in [0.25, 0.3) is 0 Å². The van der Waals surface area contributed by atoms with Crippen molar-refractivity contribution in [1.82, 2.24) is 0 Å². The first-order valence-corrected chi connectivity index (χ1v) is 6.92. The Hall–Kier alpha value is -0.490. The van der Waals surface area contributed by atoms with Gasteiger partial charge in [0.2, 0.25) is 0 Å². The Balaban J connectivity index is 2.31. The largest absolute Gasteiger partial charge is 0.0837 e. The molecule has 0 N–H and O–H groups in total. The first-order chi connectivity index (χ1) is 7.70. The van der Waals surface area contributed by atoms with Gasteiger partial charge in [-0.15, -0.1) is 0 Å². The summed E-state index contributed by atoms with van der Waals surface area (Å²) in [5.41, 5.74) is 7.86. The van der Waals surface area contributed by atoms with Crippen LogP contribution in [0.5, 0.6) is 0 Å². The second-order valence-electron chi connectivity index (χ2n) is 5.50. The average molecular weight is 235 g/mol. The Bertz CT molecular complexity index is 408. The number of hydrogen-bond acceptors (Lipinski definition) is 0. The maximum Gasteiger partial charge on any atom is 0.0475 e. The van der Waals surface area contributed by atoms with Gasteiger partial charge in [0, 0.05) is 5.02 Å². The summed E-state index contributed by atoms with van der Waals surface area (Å²) in [6, 6.07) is 0. The second kappa shape index (κ2) is 3.77. The number of fused-ring (bicyclic) bond motifs is 2.